The van der Waals surface area contributed by atoms with Gasteiger partial charge in [0.25, 0.3) is 10.0 Å². The molecule has 2 heterocycles. The average Bonchev–Trinajstić information content (AvgIpc) is 3.15. The minimum Gasteiger partial charge on any atom is -0.481 e. The van der Waals surface area contributed by atoms with Gasteiger partial charge in [-0.25, -0.2) is 8.42 Å². The van der Waals surface area contributed by atoms with Crippen molar-refractivity contribution in [2.24, 2.45) is 0 Å². The Labute approximate surface area is 145 Å². The average molecular weight is 374 g/mol. The quantitative estimate of drug-likeness (QED) is 0.781. The molecule has 1 N–H and O–H groups in total. The number of carboxylic acids is 1. The van der Waals surface area contributed by atoms with E-state index in [0.29, 0.717) is 32.4 Å². The third-order valence-electron chi connectivity index (χ3n) is 4.03. The van der Waals surface area contributed by atoms with Gasteiger partial charge in [-0.3, -0.25) is 9.59 Å². The zero-order valence-corrected chi connectivity index (χ0v) is 15.4. The molecule has 134 valence electrons. The Morgan fingerprint density at radius 2 is 2.12 bits per heavy atom. The van der Waals surface area contributed by atoms with E-state index in [-0.39, 0.29) is 16.5 Å². The minimum absolute atomic E-state index is 0.0151. The lowest BCUT2D eigenvalue weighted by atomic mass is 10.2. The summed E-state index contributed by atoms with van der Waals surface area (Å²) in [6.45, 7) is 2.47. The van der Waals surface area contributed by atoms with E-state index in [4.69, 9.17) is 5.11 Å². The van der Waals surface area contributed by atoms with Crippen molar-refractivity contribution in [3.05, 3.63) is 17.0 Å². The Hall–Kier alpha value is -1.45. The molecule has 0 radical (unpaired) electrons. The number of carboxylic acid groups (broad SMARTS) is 1. The van der Waals surface area contributed by atoms with Gasteiger partial charge in [-0.05, 0) is 38.3 Å². The van der Waals surface area contributed by atoms with Crippen LogP contribution in [-0.2, 0) is 19.6 Å². The third kappa shape index (κ3) is 4.14. The lowest BCUT2D eigenvalue weighted by Gasteiger charge is -2.27. The van der Waals surface area contributed by atoms with Gasteiger partial charge >= 0.3 is 5.97 Å². The summed E-state index contributed by atoms with van der Waals surface area (Å²) < 4.78 is 27.1. The van der Waals surface area contributed by atoms with Crippen molar-refractivity contribution in [1.82, 2.24) is 9.21 Å². The maximum atomic E-state index is 12.8. The van der Waals surface area contributed by atoms with Crippen LogP contribution in [0.3, 0.4) is 0 Å². The first-order valence-electron chi connectivity index (χ1n) is 7.78. The zero-order chi connectivity index (χ0) is 17.9. The Bertz CT molecular complexity index is 713. The summed E-state index contributed by atoms with van der Waals surface area (Å²) in [5, 5.41) is 8.66. The summed E-state index contributed by atoms with van der Waals surface area (Å²) in [5.74, 6) is -1.18. The lowest BCUT2D eigenvalue weighted by Crippen LogP contribution is -2.46. The second-order valence-electron chi connectivity index (χ2n) is 5.90. The molecule has 1 fully saturated rings. The van der Waals surface area contributed by atoms with E-state index in [1.165, 1.54) is 20.5 Å². The number of amides is 1. The minimum atomic E-state index is -3.67. The first-order valence-corrected chi connectivity index (χ1v) is 10.0. The van der Waals surface area contributed by atoms with Crippen LogP contribution in [0, 0.1) is 6.92 Å². The monoisotopic (exact) mass is 374 g/mol. The zero-order valence-electron chi connectivity index (χ0n) is 13.8. The summed E-state index contributed by atoms with van der Waals surface area (Å²) in [6.07, 6.45) is 1.47. The number of hydrogen-bond acceptors (Lipinski definition) is 5. The second-order valence-corrected chi connectivity index (χ2v) is 9.30. The number of thiophene rings is 1. The van der Waals surface area contributed by atoms with Crippen LogP contribution >= 0.6 is 11.3 Å². The smallest absolute Gasteiger partial charge is 0.303 e. The summed E-state index contributed by atoms with van der Waals surface area (Å²) >= 11 is 1.20. The standard InChI is InChI=1S/C15H22N2O5S2/c1-11-7-8-14(23-11)24(21,22)17-10-3-5-12(17)15(20)16(2)9-4-6-13(18)19/h7-8,12H,3-6,9-10H2,1-2H3,(H,18,19). The maximum absolute atomic E-state index is 12.8. The van der Waals surface area contributed by atoms with E-state index in [1.807, 2.05) is 6.92 Å². The number of sulfonamides is 1. The van der Waals surface area contributed by atoms with Gasteiger partial charge in [-0.1, -0.05) is 0 Å². The summed E-state index contributed by atoms with van der Waals surface area (Å²) in [7, 11) is -2.08. The van der Waals surface area contributed by atoms with Crippen LogP contribution in [0.15, 0.2) is 16.3 Å². The molecule has 1 aliphatic heterocycles. The van der Waals surface area contributed by atoms with E-state index in [0.717, 1.165) is 4.88 Å². The van der Waals surface area contributed by atoms with E-state index < -0.39 is 22.0 Å². The lowest BCUT2D eigenvalue weighted by molar-refractivity contribution is -0.138. The molecule has 2 rings (SSSR count). The molecule has 1 amide bonds. The number of hydrogen-bond donors (Lipinski definition) is 1. The molecule has 1 unspecified atom stereocenters. The Morgan fingerprint density at radius 3 is 2.71 bits per heavy atom. The predicted molar refractivity (Wildman–Crippen MR) is 90.5 cm³/mol. The molecule has 0 aromatic carbocycles. The van der Waals surface area contributed by atoms with E-state index >= 15 is 0 Å². The highest BCUT2D eigenvalue weighted by Gasteiger charge is 2.40. The number of aryl methyl sites for hydroxylation is 1. The number of nitrogens with zero attached hydrogens (tertiary/aromatic N) is 2. The number of likely N-dealkylation sites (N-methyl/N-ethyl adjacent to an activating group) is 1. The van der Waals surface area contributed by atoms with Gasteiger partial charge in [0.2, 0.25) is 5.91 Å². The predicted octanol–water partition coefficient (Wildman–Crippen LogP) is 1.53. The SMILES string of the molecule is Cc1ccc(S(=O)(=O)N2CCCC2C(=O)N(C)CCCC(=O)O)s1. The fraction of sp³-hybridized carbons (Fsp3) is 0.600. The second kappa shape index (κ2) is 7.62. The Morgan fingerprint density at radius 1 is 1.42 bits per heavy atom. The Kier molecular flexibility index (Phi) is 6.00. The van der Waals surface area contributed by atoms with Crippen LogP contribution in [0.2, 0.25) is 0 Å². The van der Waals surface area contributed by atoms with Crippen LogP contribution in [0.1, 0.15) is 30.6 Å². The van der Waals surface area contributed by atoms with Crippen molar-refractivity contribution in [3.8, 4) is 0 Å². The number of carbonyl (C=O) groups excluding carboxylic acids is 1. The van der Waals surface area contributed by atoms with Crippen LogP contribution < -0.4 is 0 Å². The number of aliphatic carboxylic acids is 1. The number of carbonyl (C=O) groups is 2. The van der Waals surface area contributed by atoms with E-state index in [1.54, 1.807) is 19.2 Å². The van der Waals surface area contributed by atoms with Crippen LogP contribution in [-0.4, -0.2) is 60.8 Å². The first-order chi connectivity index (χ1) is 11.2. The van der Waals surface area contributed by atoms with Gasteiger partial charge in [-0.2, -0.15) is 4.31 Å². The normalized spacial score (nSPS) is 18.7. The van der Waals surface area contributed by atoms with E-state index in [2.05, 4.69) is 0 Å². The fourth-order valence-electron chi connectivity index (χ4n) is 2.77. The molecule has 9 heteroatoms. The van der Waals surface area contributed by atoms with Gasteiger partial charge in [0.1, 0.15) is 10.3 Å². The highest BCUT2D eigenvalue weighted by atomic mass is 32.2. The third-order valence-corrected chi connectivity index (χ3v) is 7.40. The molecular weight excluding hydrogens is 352 g/mol. The highest BCUT2D eigenvalue weighted by molar-refractivity contribution is 7.91. The van der Waals surface area contributed by atoms with E-state index in [9.17, 15) is 18.0 Å². The van der Waals surface area contributed by atoms with Crippen LogP contribution in [0.4, 0.5) is 0 Å². The molecule has 0 spiro atoms. The Balaban J connectivity index is 2.09. The van der Waals surface area contributed by atoms with Crippen molar-refractivity contribution >= 4 is 33.2 Å². The maximum Gasteiger partial charge on any atom is 0.303 e. The van der Waals surface area contributed by atoms with Gasteiger partial charge < -0.3 is 10.0 Å². The topological polar surface area (TPSA) is 95.0 Å². The number of rotatable bonds is 7. The fourth-order valence-corrected chi connectivity index (χ4v) is 5.84. The van der Waals surface area contributed by atoms with Gasteiger partial charge in [0, 0.05) is 31.4 Å². The van der Waals surface area contributed by atoms with Crippen molar-refractivity contribution < 1.29 is 23.1 Å². The van der Waals surface area contributed by atoms with Gasteiger partial charge in [-0.15, -0.1) is 11.3 Å². The van der Waals surface area contributed by atoms with Crippen LogP contribution in [0.5, 0.6) is 0 Å². The molecule has 24 heavy (non-hydrogen) atoms. The van der Waals surface area contributed by atoms with Crippen LogP contribution in [0.25, 0.3) is 0 Å². The molecule has 1 aromatic heterocycles. The molecule has 0 saturated carbocycles. The van der Waals surface area contributed by atoms with Crippen molar-refractivity contribution in [3.63, 3.8) is 0 Å². The summed E-state index contributed by atoms with van der Waals surface area (Å²) in [5.41, 5.74) is 0. The summed E-state index contributed by atoms with van der Waals surface area (Å²) in [4.78, 5) is 25.5. The molecular formula is C15H22N2O5S2. The van der Waals surface area contributed by atoms with Crippen molar-refractivity contribution in [2.45, 2.75) is 42.9 Å². The molecule has 1 atom stereocenters. The van der Waals surface area contributed by atoms with Crippen molar-refractivity contribution in [1.29, 1.82) is 0 Å². The molecule has 0 bridgehead atoms. The molecule has 1 aliphatic rings. The van der Waals surface area contributed by atoms with Crippen molar-refractivity contribution in [2.75, 3.05) is 20.1 Å². The molecule has 1 aromatic rings. The summed E-state index contributed by atoms with van der Waals surface area (Å²) in [6, 6.07) is 2.63. The molecule has 7 nitrogen and oxygen atoms in total. The van der Waals surface area contributed by atoms with Gasteiger partial charge in [0.05, 0.1) is 0 Å². The molecule has 1 saturated heterocycles. The largest absolute Gasteiger partial charge is 0.481 e. The first kappa shape index (κ1) is 18.9. The highest BCUT2D eigenvalue weighted by Crippen LogP contribution is 2.30. The van der Waals surface area contributed by atoms with Gasteiger partial charge in [0.15, 0.2) is 0 Å². The molecule has 0 aliphatic carbocycles.